The molecule has 1 rings (SSSR count). The molecule has 0 saturated carbocycles. The molecule has 1 aromatic heterocycles. The highest BCUT2D eigenvalue weighted by Gasteiger charge is 2.13. The molecule has 0 spiro atoms. The van der Waals surface area contributed by atoms with Crippen molar-refractivity contribution in [3.8, 4) is 0 Å². The van der Waals surface area contributed by atoms with Crippen LogP contribution in [0.25, 0.3) is 5.57 Å². The molecule has 1 heterocycles. The molecule has 5 heteroatoms. The van der Waals surface area contributed by atoms with Crippen LogP contribution < -0.4 is 5.73 Å². The quantitative estimate of drug-likeness (QED) is 0.670. The van der Waals surface area contributed by atoms with Gasteiger partial charge in [0.05, 0.1) is 0 Å². The minimum absolute atomic E-state index is 0.0673. The highest BCUT2D eigenvalue weighted by Crippen LogP contribution is 2.13. The summed E-state index contributed by atoms with van der Waals surface area (Å²) in [6.07, 6.45) is -0.884. The van der Waals surface area contributed by atoms with E-state index in [0.29, 0.717) is 11.5 Å². The Labute approximate surface area is 69.9 Å². The minimum Gasteiger partial charge on any atom is -0.418 e. The maximum atomic E-state index is 9.17. The van der Waals surface area contributed by atoms with Gasteiger partial charge in [0.15, 0.2) is 0 Å². The number of aromatic nitrogens is 2. The van der Waals surface area contributed by atoms with Gasteiger partial charge in [-0.05, 0) is 6.92 Å². The van der Waals surface area contributed by atoms with E-state index in [1.807, 2.05) is 0 Å². The fraction of sp³-hybridized carbons (Fsp3) is 0.429. The smallest absolute Gasteiger partial charge is 0.246 e. The van der Waals surface area contributed by atoms with Crippen molar-refractivity contribution in [2.24, 2.45) is 5.73 Å². The van der Waals surface area contributed by atoms with E-state index in [1.54, 1.807) is 6.92 Å². The molecular formula is C7H11N3O2. The third-order valence-electron chi connectivity index (χ3n) is 1.31. The summed E-state index contributed by atoms with van der Waals surface area (Å²) >= 11 is 0. The number of hydrogen-bond donors (Lipinski definition) is 2. The molecule has 0 saturated heterocycles. The van der Waals surface area contributed by atoms with Crippen LogP contribution in [-0.2, 0) is 0 Å². The van der Waals surface area contributed by atoms with Crippen molar-refractivity contribution < 1.29 is 9.52 Å². The lowest BCUT2D eigenvalue weighted by Gasteiger charge is -1.98. The highest BCUT2D eigenvalue weighted by atomic mass is 16.4. The van der Waals surface area contributed by atoms with Crippen molar-refractivity contribution in [3.63, 3.8) is 0 Å². The highest BCUT2D eigenvalue weighted by molar-refractivity contribution is 5.51. The lowest BCUT2D eigenvalue weighted by molar-refractivity contribution is 0.151. The Hall–Kier alpha value is -1.20. The molecule has 0 aromatic carbocycles. The van der Waals surface area contributed by atoms with Crippen LogP contribution >= 0.6 is 0 Å². The Balaban J connectivity index is 2.84. The Morgan fingerprint density at radius 2 is 2.42 bits per heavy atom. The normalized spacial score (nSPS) is 12.9. The van der Waals surface area contributed by atoms with Crippen LogP contribution in [-0.4, -0.2) is 21.8 Å². The van der Waals surface area contributed by atoms with Gasteiger partial charge in [-0.2, -0.15) is 0 Å². The van der Waals surface area contributed by atoms with Gasteiger partial charge in [0.1, 0.15) is 6.10 Å². The first-order valence-electron chi connectivity index (χ1n) is 3.52. The zero-order chi connectivity index (χ0) is 9.14. The first kappa shape index (κ1) is 8.89. The van der Waals surface area contributed by atoms with E-state index in [1.165, 1.54) is 0 Å². The van der Waals surface area contributed by atoms with Crippen molar-refractivity contribution in [2.75, 3.05) is 6.54 Å². The first-order valence-corrected chi connectivity index (χ1v) is 3.52. The number of rotatable bonds is 3. The van der Waals surface area contributed by atoms with Crippen LogP contribution in [0.5, 0.6) is 0 Å². The molecule has 5 nitrogen and oxygen atoms in total. The molecule has 1 atom stereocenters. The third kappa shape index (κ3) is 1.69. The van der Waals surface area contributed by atoms with Gasteiger partial charge in [-0.1, -0.05) is 6.58 Å². The van der Waals surface area contributed by atoms with Crippen LogP contribution in [0, 0.1) is 0 Å². The van der Waals surface area contributed by atoms with Crippen LogP contribution in [0.4, 0.5) is 0 Å². The Kier molecular flexibility index (Phi) is 2.57. The lowest BCUT2D eigenvalue weighted by Crippen LogP contribution is -2.11. The molecule has 0 radical (unpaired) electrons. The second kappa shape index (κ2) is 3.46. The molecular weight excluding hydrogens is 158 g/mol. The Morgan fingerprint density at radius 1 is 1.75 bits per heavy atom. The minimum atomic E-state index is -0.884. The molecule has 0 bridgehead atoms. The summed E-state index contributed by atoms with van der Waals surface area (Å²) in [5, 5.41) is 16.4. The molecule has 1 aromatic rings. The van der Waals surface area contributed by atoms with Crippen LogP contribution in [0.15, 0.2) is 11.0 Å². The molecule has 0 aliphatic rings. The summed E-state index contributed by atoms with van der Waals surface area (Å²) in [5.74, 6) is 0.466. The van der Waals surface area contributed by atoms with Crippen LogP contribution in [0.1, 0.15) is 24.8 Å². The third-order valence-corrected chi connectivity index (χ3v) is 1.31. The van der Waals surface area contributed by atoms with Crippen molar-refractivity contribution in [1.29, 1.82) is 0 Å². The van der Waals surface area contributed by atoms with Crippen molar-refractivity contribution in [1.82, 2.24) is 10.2 Å². The molecule has 12 heavy (non-hydrogen) atoms. The topological polar surface area (TPSA) is 85.2 Å². The number of aliphatic hydroxyl groups excluding tert-OH is 1. The van der Waals surface area contributed by atoms with E-state index in [-0.39, 0.29) is 12.4 Å². The van der Waals surface area contributed by atoms with Gasteiger partial charge in [0.2, 0.25) is 11.8 Å². The van der Waals surface area contributed by atoms with Gasteiger partial charge in [-0.25, -0.2) is 0 Å². The van der Waals surface area contributed by atoms with Gasteiger partial charge in [0, 0.05) is 12.1 Å². The first-order chi connectivity index (χ1) is 5.65. The monoisotopic (exact) mass is 169 g/mol. The zero-order valence-electron chi connectivity index (χ0n) is 6.82. The number of aliphatic hydroxyl groups is 1. The fourth-order valence-corrected chi connectivity index (χ4v) is 0.643. The summed E-state index contributed by atoms with van der Waals surface area (Å²) in [5.41, 5.74) is 5.85. The number of allylic oxidation sites excluding steroid dienone is 1. The van der Waals surface area contributed by atoms with Gasteiger partial charge in [-0.3, -0.25) is 0 Å². The van der Waals surface area contributed by atoms with E-state index in [2.05, 4.69) is 16.8 Å². The predicted molar refractivity (Wildman–Crippen MR) is 43.0 cm³/mol. The molecule has 3 N–H and O–H groups in total. The second-order valence-electron chi connectivity index (χ2n) is 2.48. The summed E-state index contributed by atoms with van der Waals surface area (Å²) in [4.78, 5) is 0. The second-order valence-corrected chi connectivity index (χ2v) is 2.48. The average Bonchev–Trinajstić information content (AvgIpc) is 2.51. The van der Waals surface area contributed by atoms with Crippen LogP contribution in [0.2, 0.25) is 0 Å². The number of nitrogens with two attached hydrogens (primary N) is 1. The maximum Gasteiger partial charge on any atom is 0.246 e. The fourth-order valence-electron chi connectivity index (χ4n) is 0.643. The summed E-state index contributed by atoms with van der Waals surface area (Å²) < 4.78 is 5.05. The molecule has 0 fully saturated rings. The van der Waals surface area contributed by atoms with E-state index >= 15 is 0 Å². The number of nitrogens with zero attached hydrogens (tertiary/aromatic N) is 2. The lowest BCUT2D eigenvalue weighted by atomic mass is 10.3. The molecule has 66 valence electrons. The van der Waals surface area contributed by atoms with E-state index < -0.39 is 6.10 Å². The summed E-state index contributed by atoms with van der Waals surface area (Å²) in [7, 11) is 0. The van der Waals surface area contributed by atoms with Gasteiger partial charge in [-0.15, -0.1) is 10.2 Å². The van der Waals surface area contributed by atoms with Crippen molar-refractivity contribution in [3.05, 3.63) is 18.4 Å². The summed E-state index contributed by atoms with van der Waals surface area (Å²) in [6, 6.07) is 0. The molecule has 0 aliphatic carbocycles. The molecule has 0 unspecified atom stereocenters. The Bertz CT molecular complexity index is 282. The van der Waals surface area contributed by atoms with E-state index in [0.717, 1.165) is 0 Å². The standard InChI is InChI=1S/C7H11N3O2/c1-4(2)6-9-10-7(12-6)5(11)3-8/h5,11H,1,3,8H2,2H3/t5-/m0/s1. The van der Waals surface area contributed by atoms with Gasteiger partial charge >= 0.3 is 0 Å². The average molecular weight is 169 g/mol. The van der Waals surface area contributed by atoms with E-state index in [9.17, 15) is 5.11 Å². The molecule has 0 aliphatic heterocycles. The zero-order valence-corrected chi connectivity index (χ0v) is 6.82. The SMILES string of the molecule is C=C(C)c1nnc([C@@H](O)CN)o1. The Morgan fingerprint density at radius 3 is 2.83 bits per heavy atom. The van der Waals surface area contributed by atoms with Gasteiger partial charge < -0.3 is 15.3 Å². The maximum absolute atomic E-state index is 9.17. The van der Waals surface area contributed by atoms with Crippen molar-refractivity contribution >= 4 is 5.57 Å². The number of hydrogen-bond acceptors (Lipinski definition) is 5. The summed E-state index contributed by atoms with van der Waals surface area (Å²) in [6.45, 7) is 5.42. The van der Waals surface area contributed by atoms with Gasteiger partial charge in [0.25, 0.3) is 0 Å². The van der Waals surface area contributed by atoms with Crippen LogP contribution in [0.3, 0.4) is 0 Å². The van der Waals surface area contributed by atoms with Crippen molar-refractivity contribution in [2.45, 2.75) is 13.0 Å². The largest absolute Gasteiger partial charge is 0.418 e. The van der Waals surface area contributed by atoms with E-state index in [4.69, 9.17) is 10.2 Å². The predicted octanol–water partition coefficient (Wildman–Crippen LogP) is 0.0948. The molecule has 0 amide bonds.